The van der Waals surface area contributed by atoms with Crippen molar-refractivity contribution < 1.29 is 26.9 Å². The number of aromatic nitrogens is 2. The van der Waals surface area contributed by atoms with E-state index in [1.54, 1.807) is 19.2 Å². The fourth-order valence-corrected chi connectivity index (χ4v) is 4.94. The highest BCUT2D eigenvalue weighted by Gasteiger charge is 2.43. The van der Waals surface area contributed by atoms with E-state index >= 15 is 0 Å². The summed E-state index contributed by atoms with van der Waals surface area (Å²) >= 11 is 0. The van der Waals surface area contributed by atoms with Crippen LogP contribution in [0.5, 0.6) is 0 Å². The Hall–Kier alpha value is -2.20. The highest BCUT2D eigenvalue weighted by molar-refractivity contribution is 7.93. The molecule has 2 aromatic heterocycles. The summed E-state index contributed by atoms with van der Waals surface area (Å²) in [6.45, 7) is 9.45. The smallest absolute Gasteiger partial charge is 0.247 e. The molecule has 1 amide bonds. The highest BCUT2D eigenvalue weighted by atomic mass is 32.2. The van der Waals surface area contributed by atoms with Gasteiger partial charge in [-0.15, -0.1) is 0 Å². The summed E-state index contributed by atoms with van der Waals surface area (Å²) in [5.41, 5.74) is -0.116. The summed E-state index contributed by atoms with van der Waals surface area (Å²) in [6, 6.07) is 1.57. The minimum atomic E-state index is -3.69. The van der Waals surface area contributed by atoms with Gasteiger partial charge in [0, 0.05) is 26.2 Å². The Labute approximate surface area is 176 Å². The lowest BCUT2D eigenvalue weighted by molar-refractivity contribution is -0.118. The third kappa shape index (κ3) is 4.44. The Kier molecular flexibility index (Phi) is 6.10. The van der Waals surface area contributed by atoms with Gasteiger partial charge in [0.15, 0.2) is 15.7 Å². The zero-order valence-electron chi connectivity index (χ0n) is 18.0. The van der Waals surface area contributed by atoms with E-state index < -0.39 is 25.9 Å². The van der Waals surface area contributed by atoms with E-state index in [9.17, 15) is 13.2 Å². The molecule has 10 heteroatoms. The molecule has 0 spiro atoms. The van der Waals surface area contributed by atoms with Crippen LogP contribution in [0.4, 0.5) is 5.88 Å². The van der Waals surface area contributed by atoms with Crippen molar-refractivity contribution in [3.63, 3.8) is 0 Å². The van der Waals surface area contributed by atoms with Crippen LogP contribution in [0.3, 0.4) is 0 Å². The van der Waals surface area contributed by atoms with E-state index in [4.69, 9.17) is 13.7 Å². The van der Waals surface area contributed by atoms with Crippen molar-refractivity contribution >= 4 is 21.6 Å². The highest BCUT2D eigenvalue weighted by Crippen LogP contribution is 2.33. The number of nitrogens with one attached hydrogen (secondary N) is 1. The fourth-order valence-electron chi connectivity index (χ4n) is 3.24. The molecule has 0 bridgehead atoms. The summed E-state index contributed by atoms with van der Waals surface area (Å²) in [7, 11) is -3.69. The van der Waals surface area contributed by atoms with E-state index in [1.807, 2.05) is 13.8 Å². The first kappa shape index (κ1) is 22.5. The minimum Gasteiger partial charge on any atom is -0.445 e. The minimum absolute atomic E-state index is 0.00105. The van der Waals surface area contributed by atoms with Crippen molar-refractivity contribution in [1.82, 2.24) is 10.1 Å². The number of ether oxygens (including phenoxy) is 1. The largest absolute Gasteiger partial charge is 0.445 e. The molecule has 1 aliphatic rings. The van der Waals surface area contributed by atoms with Gasteiger partial charge >= 0.3 is 0 Å². The molecule has 3 rings (SSSR count). The average molecular weight is 440 g/mol. The number of amides is 1. The molecule has 30 heavy (non-hydrogen) atoms. The number of aryl methyl sites for hydroxylation is 1. The lowest BCUT2D eigenvalue weighted by Gasteiger charge is -2.28. The van der Waals surface area contributed by atoms with E-state index in [-0.39, 0.29) is 17.6 Å². The second-order valence-corrected chi connectivity index (χ2v) is 11.3. The number of oxazole rings is 1. The molecule has 3 heterocycles. The first-order valence-corrected chi connectivity index (χ1v) is 11.6. The van der Waals surface area contributed by atoms with Crippen LogP contribution in [0, 0.1) is 12.8 Å². The number of rotatable bonds is 7. The molecule has 166 valence electrons. The number of carbonyl (C=O) groups excluding carboxylic acids is 1. The number of carbonyl (C=O) groups is 1. The number of sulfone groups is 1. The lowest BCUT2D eigenvalue weighted by Crippen LogP contribution is -2.47. The number of hydrogen-bond donors (Lipinski definition) is 1. The van der Waals surface area contributed by atoms with Gasteiger partial charge in [-0.2, -0.15) is 0 Å². The number of anilines is 1. The summed E-state index contributed by atoms with van der Waals surface area (Å²) in [5, 5.41) is 6.58. The van der Waals surface area contributed by atoms with Gasteiger partial charge in [-0.3, -0.25) is 10.1 Å². The van der Waals surface area contributed by atoms with Gasteiger partial charge in [0.05, 0.1) is 23.1 Å². The van der Waals surface area contributed by atoms with E-state index in [0.717, 1.165) is 0 Å². The molecule has 0 radical (unpaired) electrons. The van der Waals surface area contributed by atoms with Crippen LogP contribution in [0.1, 0.15) is 57.9 Å². The lowest BCUT2D eigenvalue weighted by atomic mass is 9.87. The maximum absolute atomic E-state index is 12.9. The first-order chi connectivity index (χ1) is 13.9. The molecule has 2 aromatic rings. The molecular formula is C20H29N3O6S. The maximum atomic E-state index is 12.9. The molecule has 0 aliphatic carbocycles. The van der Waals surface area contributed by atoms with Crippen molar-refractivity contribution in [3.8, 4) is 0 Å². The molecule has 0 aromatic carbocycles. The molecular weight excluding hydrogens is 410 g/mol. The number of nitrogens with zero attached hydrogens (tertiary/aromatic N) is 2. The SMILES string of the molecule is Cc1ncc(C(C)(C)c2cc(NC(=O)C(C)(C)S(=O)(=O)CC3CCOCC3)on2)o1. The molecule has 0 saturated carbocycles. The molecule has 1 N–H and O–H groups in total. The predicted molar refractivity (Wildman–Crippen MR) is 110 cm³/mol. The Morgan fingerprint density at radius 1 is 1.23 bits per heavy atom. The predicted octanol–water partition coefficient (Wildman–Crippen LogP) is 2.86. The van der Waals surface area contributed by atoms with Gasteiger partial charge in [0.25, 0.3) is 0 Å². The summed E-state index contributed by atoms with van der Waals surface area (Å²) in [6.07, 6.45) is 2.98. The van der Waals surface area contributed by atoms with Crippen molar-refractivity contribution in [2.75, 3.05) is 24.3 Å². The number of hydrogen-bond acceptors (Lipinski definition) is 8. The summed E-state index contributed by atoms with van der Waals surface area (Å²) in [5.74, 6) is 0.506. The van der Waals surface area contributed by atoms with Crippen LogP contribution in [0.2, 0.25) is 0 Å². The van der Waals surface area contributed by atoms with E-state index in [1.165, 1.54) is 13.8 Å². The average Bonchev–Trinajstić information content (AvgIpc) is 3.32. The van der Waals surface area contributed by atoms with Gasteiger partial charge in [-0.25, -0.2) is 13.4 Å². The van der Waals surface area contributed by atoms with Crippen molar-refractivity contribution in [2.45, 2.75) is 57.6 Å². The fraction of sp³-hybridized carbons (Fsp3) is 0.650. The Morgan fingerprint density at radius 2 is 1.90 bits per heavy atom. The quantitative estimate of drug-likeness (QED) is 0.698. The molecule has 0 atom stereocenters. The zero-order valence-corrected chi connectivity index (χ0v) is 18.8. The third-order valence-corrected chi connectivity index (χ3v) is 8.40. The van der Waals surface area contributed by atoms with Gasteiger partial charge < -0.3 is 13.7 Å². The van der Waals surface area contributed by atoms with Crippen molar-refractivity contribution in [1.29, 1.82) is 0 Å². The van der Waals surface area contributed by atoms with Crippen LogP contribution in [0.15, 0.2) is 21.2 Å². The van der Waals surface area contributed by atoms with Gasteiger partial charge in [-0.05, 0) is 46.5 Å². The molecule has 9 nitrogen and oxygen atoms in total. The second kappa shape index (κ2) is 8.14. The summed E-state index contributed by atoms with van der Waals surface area (Å²) < 4.78 is 40.4. The zero-order chi connectivity index (χ0) is 22.2. The molecule has 1 aliphatic heterocycles. The van der Waals surface area contributed by atoms with Gasteiger partial charge in [-0.1, -0.05) is 5.16 Å². The standard InChI is InChI=1S/C20H29N3O6S/c1-13-21-11-16(28-13)19(2,3)15-10-17(29-23-15)22-18(24)20(4,5)30(25,26)12-14-6-8-27-9-7-14/h10-11,14H,6-9,12H2,1-5H3,(H,22,24). The monoisotopic (exact) mass is 439 g/mol. The van der Waals surface area contributed by atoms with Crippen LogP contribution in [-0.2, 0) is 24.8 Å². The Balaban J connectivity index is 1.72. The van der Waals surface area contributed by atoms with Crippen molar-refractivity contribution in [2.24, 2.45) is 5.92 Å². The molecule has 1 fully saturated rings. The van der Waals surface area contributed by atoms with Gasteiger partial charge in [0.2, 0.25) is 11.8 Å². The topological polar surface area (TPSA) is 125 Å². The third-order valence-electron chi connectivity index (χ3n) is 5.74. The van der Waals surface area contributed by atoms with E-state index in [0.29, 0.717) is 43.4 Å². The van der Waals surface area contributed by atoms with Crippen LogP contribution >= 0.6 is 0 Å². The van der Waals surface area contributed by atoms with Crippen LogP contribution in [-0.4, -0.2) is 48.2 Å². The summed E-state index contributed by atoms with van der Waals surface area (Å²) in [4.78, 5) is 16.9. The molecule has 1 saturated heterocycles. The van der Waals surface area contributed by atoms with Crippen LogP contribution in [0.25, 0.3) is 0 Å². The van der Waals surface area contributed by atoms with Crippen molar-refractivity contribution in [3.05, 3.63) is 29.6 Å². The van der Waals surface area contributed by atoms with Gasteiger partial charge in [0.1, 0.15) is 10.5 Å². The second-order valence-electron chi connectivity index (χ2n) is 8.75. The first-order valence-electron chi connectivity index (χ1n) is 9.95. The van der Waals surface area contributed by atoms with Crippen LogP contribution < -0.4 is 5.32 Å². The maximum Gasteiger partial charge on any atom is 0.247 e. The molecule has 0 unspecified atom stereocenters. The Bertz CT molecular complexity index is 999. The van der Waals surface area contributed by atoms with E-state index in [2.05, 4.69) is 15.5 Å². The Morgan fingerprint density at radius 3 is 2.50 bits per heavy atom. The normalized spacial score (nSPS) is 16.6.